The van der Waals surface area contributed by atoms with Crippen molar-refractivity contribution >= 4 is 5.78 Å². The van der Waals surface area contributed by atoms with Crippen molar-refractivity contribution < 1.29 is 9.53 Å². The SMILES string of the molecule is COc1cccc(-n2cc(C)cn2)c1C(C)=O. The average Bonchev–Trinajstić information content (AvgIpc) is 2.74. The molecule has 4 nitrogen and oxygen atoms in total. The first-order chi connectivity index (χ1) is 8.13. The number of nitrogens with zero attached hydrogens (tertiary/aromatic N) is 2. The molecule has 0 aliphatic heterocycles. The summed E-state index contributed by atoms with van der Waals surface area (Å²) in [6, 6.07) is 5.47. The number of ketones is 1. The predicted molar refractivity (Wildman–Crippen MR) is 64.9 cm³/mol. The van der Waals surface area contributed by atoms with Crippen LogP contribution in [0.5, 0.6) is 5.75 Å². The number of benzene rings is 1. The van der Waals surface area contributed by atoms with Crippen molar-refractivity contribution in [2.45, 2.75) is 13.8 Å². The lowest BCUT2D eigenvalue weighted by atomic mass is 10.1. The molecule has 0 atom stereocenters. The summed E-state index contributed by atoms with van der Waals surface area (Å²) in [5.41, 5.74) is 2.34. The smallest absolute Gasteiger partial charge is 0.165 e. The zero-order chi connectivity index (χ0) is 12.4. The Morgan fingerprint density at radius 3 is 2.71 bits per heavy atom. The molecule has 0 bridgehead atoms. The number of carbonyl (C=O) groups is 1. The summed E-state index contributed by atoms with van der Waals surface area (Å²) in [6.45, 7) is 3.48. The molecule has 2 rings (SSSR count). The molecular weight excluding hydrogens is 216 g/mol. The van der Waals surface area contributed by atoms with Gasteiger partial charge in [0.1, 0.15) is 5.75 Å². The van der Waals surface area contributed by atoms with Gasteiger partial charge in [0, 0.05) is 6.20 Å². The van der Waals surface area contributed by atoms with Crippen LogP contribution < -0.4 is 4.74 Å². The number of hydrogen-bond acceptors (Lipinski definition) is 3. The highest BCUT2D eigenvalue weighted by Gasteiger charge is 2.15. The van der Waals surface area contributed by atoms with Crippen molar-refractivity contribution in [2.24, 2.45) is 0 Å². The van der Waals surface area contributed by atoms with Gasteiger partial charge in [0.25, 0.3) is 0 Å². The Labute approximate surface area is 99.8 Å². The maximum Gasteiger partial charge on any atom is 0.165 e. The summed E-state index contributed by atoms with van der Waals surface area (Å²) in [5, 5.41) is 4.21. The van der Waals surface area contributed by atoms with Crippen molar-refractivity contribution in [3.63, 3.8) is 0 Å². The number of aryl methyl sites for hydroxylation is 1. The van der Waals surface area contributed by atoms with Crippen molar-refractivity contribution in [1.29, 1.82) is 0 Å². The molecule has 4 heteroatoms. The van der Waals surface area contributed by atoms with Crippen LogP contribution in [0.25, 0.3) is 5.69 Å². The van der Waals surface area contributed by atoms with Gasteiger partial charge in [-0.1, -0.05) is 6.07 Å². The van der Waals surface area contributed by atoms with E-state index in [0.29, 0.717) is 11.3 Å². The number of ether oxygens (including phenoxy) is 1. The molecule has 1 heterocycles. The Morgan fingerprint density at radius 1 is 1.41 bits per heavy atom. The highest BCUT2D eigenvalue weighted by atomic mass is 16.5. The van der Waals surface area contributed by atoms with Gasteiger partial charge >= 0.3 is 0 Å². The van der Waals surface area contributed by atoms with E-state index in [1.807, 2.05) is 25.3 Å². The second-order valence-electron chi connectivity index (χ2n) is 3.87. The van der Waals surface area contributed by atoms with Crippen LogP contribution >= 0.6 is 0 Å². The number of methoxy groups -OCH3 is 1. The fraction of sp³-hybridized carbons (Fsp3) is 0.231. The molecule has 1 aromatic heterocycles. The normalized spacial score (nSPS) is 10.3. The van der Waals surface area contributed by atoms with Crippen LogP contribution in [0.4, 0.5) is 0 Å². The zero-order valence-corrected chi connectivity index (χ0v) is 10.1. The molecule has 0 fully saturated rings. The number of hydrogen-bond donors (Lipinski definition) is 0. The van der Waals surface area contributed by atoms with Gasteiger partial charge in [0.05, 0.1) is 24.6 Å². The molecule has 2 aromatic rings. The van der Waals surface area contributed by atoms with Gasteiger partial charge in [-0.05, 0) is 31.5 Å². The van der Waals surface area contributed by atoms with Crippen LogP contribution in [0, 0.1) is 6.92 Å². The number of Topliss-reactive ketones (excluding diaryl/α,β-unsaturated/α-hetero) is 1. The minimum Gasteiger partial charge on any atom is -0.496 e. The molecule has 0 saturated heterocycles. The molecule has 0 unspecified atom stereocenters. The largest absolute Gasteiger partial charge is 0.496 e. The van der Waals surface area contributed by atoms with E-state index >= 15 is 0 Å². The Balaban J connectivity index is 2.65. The predicted octanol–water partition coefficient (Wildman–Crippen LogP) is 2.39. The molecule has 0 saturated carbocycles. The monoisotopic (exact) mass is 230 g/mol. The van der Waals surface area contributed by atoms with Crippen LogP contribution in [0.15, 0.2) is 30.6 Å². The number of aromatic nitrogens is 2. The zero-order valence-electron chi connectivity index (χ0n) is 10.1. The lowest BCUT2D eigenvalue weighted by Crippen LogP contribution is -2.06. The van der Waals surface area contributed by atoms with E-state index < -0.39 is 0 Å². The van der Waals surface area contributed by atoms with Crippen LogP contribution in [-0.4, -0.2) is 22.7 Å². The standard InChI is InChI=1S/C13H14N2O2/c1-9-7-14-15(8-9)11-5-4-6-12(17-3)13(11)10(2)16/h4-8H,1-3H3. The van der Waals surface area contributed by atoms with Gasteiger partial charge in [0.2, 0.25) is 0 Å². The van der Waals surface area contributed by atoms with Crippen LogP contribution in [0.1, 0.15) is 22.8 Å². The molecule has 0 aliphatic rings. The first-order valence-corrected chi connectivity index (χ1v) is 5.33. The van der Waals surface area contributed by atoms with Crippen molar-refractivity contribution in [1.82, 2.24) is 9.78 Å². The maximum absolute atomic E-state index is 11.7. The summed E-state index contributed by atoms with van der Waals surface area (Å²) >= 11 is 0. The van der Waals surface area contributed by atoms with E-state index in [2.05, 4.69) is 5.10 Å². The summed E-state index contributed by atoms with van der Waals surface area (Å²) in [5.74, 6) is 0.536. The van der Waals surface area contributed by atoms with Gasteiger partial charge in [-0.3, -0.25) is 4.79 Å². The first-order valence-electron chi connectivity index (χ1n) is 5.33. The Morgan fingerprint density at radius 2 is 2.18 bits per heavy atom. The van der Waals surface area contributed by atoms with Crippen molar-refractivity contribution in [3.8, 4) is 11.4 Å². The highest BCUT2D eigenvalue weighted by Crippen LogP contribution is 2.25. The molecule has 17 heavy (non-hydrogen) atoms. The fourth-order valence-electron chi connectivity index (χ4n) is 1.78. The quantitative estimate of drug-likeness (QED) is 0.760. The summed E-state index contributed by atoms with van der Waals surface area (Å²) < 4.78 is 6.90. The molecular formula is C13H14N2O2. The Bertz CT molecular complexity index is 558. The van der Waals surface area contributed by atoms with E-state index in [4.69, 9.17) is 4.74 Å². The minimum atomic E-state index is -0.0365. The average molecular weight is 230 g/mol. The van der Waals surface area contributed by atoms with E-state index in [1.165, 1.54) is 6.92 Å². The van der Waals surface area contributed by atoms with Gasteiger partial charge in [-0.15, -0.1) is 0 Å². The van der Waals surface area contributed by atoms with Gasteiger partial charge in [0.15, 0.2) is 5.78 Å². The number of carbonyl (C=O) groups excluding carboxylic acids is 1. The second kappa shape index (κ2) is 4.41. The van der Waals surface area contributed by atoms with Crippen LogP contribution in [0.3, 0.4) is 0 Å². The van der Waals surface area contributed by atoms with E-state index in [-0.39, 0.29) is 5.78 Å². The second-order valence-corrected chi connectivity index (χ2v) is 3.87. The maximum atomic E-state index is 11.7. The van der Waals surface area contributed by atoms with Crippen molar-refractivity contribution in [2.75, 3.05) is 7.11 Å². The summed E-state index contributed by atoms with van der Waals surface area (Å²) in [6.07, 6.45) is 3.63. The fourth-order valence-corrected chi connectivity index (χ4v) is 1.78. The first kappa shape index (κ1) is 11.4. The third kappa shape index (κ3) is 2.06. The van der Waals surface area contributed by atoms with E-state index in [9.17, 15) is 4.79 Å². The Kier molecular flexibility index (Phi) is 2.95. The third-order valence-corrected chi connectivity index (χ3v) is 2.53. The van der Waals surface area contributed by atoms with E-state index in [1.54, 1.807) is 24.1 Å². The van der Waals surface area contributed by atoms with Gasteiger partial charge in [-0.2, -0.15) is 5.10 Å². The van der Waals surface area contributed by atoms with Gasteiger partial charge in [-0.25, -0.2) is 4.68 Å². The lowest BCUT2D eigenvalue weighted by Gasteiger charge is -2.11. The summed E-state index contributed by atoms with van der Waals surface area (Å²) in [7, 11) is 1.56. The summed E-state index contributed by atoms with van der Waals surface area (Å²) in [4.78, 5) is 11.7. The lowest BCUT2D eigenvalue weighted by molar-refractivity contribution is 0.101. The van der Waals surface area contributed by atoms with Gasteiger partial charge < -0.3 is 4.74 Å². The van der Waals surface area contributed by atoms with Crippen LogP contribution in [-0.2, 0) is 0 Å². The molecule has 0 radical (unpaired) electrons. The molecule has 0 aliphatic carbocycles. The third-order valence-electron chi connectivity index (χ3n) is 2.53. The minimum absolute atomic E-state index is 0.0365. The molecule has 0 N–H and O–H groups in total. The topological polar surface area (TPSA) is 44.1 Å². The highest BCUT2D eigenvalue weighted by molar-refractivity contribution is 6.00. The van der Waals surface area contributed by atoms with E-state index in [0.717, 1.165) is 11.3 Å². The molecule has 1 aromatic carbocycles. The molecule has 88 valence electrons. The van der Waals surface area contributed by atoms with Crippen molar-refractivity contribution in [3.05, 3.63) is 41.7 Å². The Hall–Kier alpha value is -2.10. The number of rotatable bonds is 3. The van der Waals surface area contributed by atoms with Crippen LogP contribution in [0.2, 0.25) is 0 Å². The molecule has 0 spiro atoms. The molecule has 0 amide bonds.